The van der Waals surface area contributed by atoms with Crippen molar-refractivity contribution >= 4 is 23.2 Å². The highest BCUT2D eigenvalue weighted by molar-refractivity contribution is 6.32. The summed E-state index contributed by atoms with van der Waals surface area (Å²) >= 11 is 12.1. The highest BCUT2D eigenvalue weighted by atomic mass is 35.5. The van der Waals surface area contributed by atoms with Gasteiger partial charge >= 0.3 is 0 Å². The van der Waals surface area contributed by atoms with Gasteiger partial charge in [-0.25, -0.2) is 4.98 Å². The van der Waals surface area contributed by atoms with Gasteiger partial charge in [-0.05, 0) is 37.2 Å². The summed E-state index contributed by atoms with van der Waals surface area (Å²) in [4.78, 5) is 4.15. The number of halogens is 2. The molecule has 0 radical (unpaired) electrons. The molecule has 19 heavy (non-hydrogen) atoms. The number of ether oxygens (including phenoxy) is 1. The number of rotatable bonds is 4. The van der Waals surface area contributed by atoms with Crippen molar-refractivity contribution < 1.29 is 4.74 Å². The molecule has 1 aromatic carbocycles. The van der Waals surface area contributed by atoms with Crippen LogP contribution < -0.4 is 10.1 Å². The maximum absolute atomic E-state index is 6.09. The Morgan fingerprint density at radius 3 is 2.74 bits per heavy atom. The molecule has 3 nitrogen and oxygen atoms in total. The van der Waals surface area contributed by atoms with Gasteiger partial charge < -0.3 is 10.1 Å². The maximum atomic E-state index is 6.09. The van der Waals surface area contributed by atoms with Crippen molar-refractivity contribution in [3.8, 4) is 11.6 Å². The molecule has 0 saturated heterocycles. The Hall–Kier alpha value is -1.29. The molecule has 0 bridgehead atoms. The molecule has 1 aromatic heterocycles. The molecule has 0 saturated carbocycles. The molecule has 0 atom stereocenters. The van der Waals surface area contributed by atoms with Crippen LogP contribution >= 0.6 is 23.2 Å². The topological polar surface area (TPSA) is 34.1 Å². The van der Waals surface area contributed by atoms with E-state index in [4.69, 9.17) is 27.9 Å². The van der Waals surface area contributed by atoms with Crippen LogP contribution in [0, 0.1) is 6.92 Å². The van der Waals surface area contributed by atoms with Crippen molar-refractivity contribution in [1.29, 1.82) is 0 Å². The average molecular weight is 297 g/mol. The minimum Gasteiger partial charge on any atom is -0.437 e. The largest absolute Gasteiger partial charge is 0.437 e. The number of aryl methyl sites for hydroxylation is 1. The Labute approximate surface area is 122 Å². The van der Waals surface area contributed by atoms with Gasteiger partial charge in [0.25, 0.3) is 0 Å². The van der Waals surface area contributed by atoms with Crippen LogP contribution in [0.5, 0.6) is 11.6 Å². The first-order valence-electron chi connectivity index (χ1n) is 5.83. The molecule has 2 rings (SSSR count). The summed E-state index contributed by atoms with van der Waals surface area (Å²) in [6, 6.07) is 7.40. The van der Waals surface area contributed by atoms with E-state index in [2.05, 4.69) is 10.3 Å². The van der Waals surface area contributed by atoms with Crippen molar-refractivity contribution in [3.05, 3.63) is 51.6 Å². The smallest absolute Gasteiger partial charge is 0.219 e. The SMILES string of the molecule is CNCc1cc(Oc2cc(C)ccc2Cl)ncc1Cl. The average Bonchev–Trinajstić information content (AvgIpc) is 2.38. The minimum atomic E-state index is 0.474. The zero-order valence-electron chi connectivity index (χ0n) is 10.7. The van der Waals surface area contributed by atoms with Gasteiger partial charge in [-0.3, -0.25) is 0 Å². The second-order valence-electron chi connectivity index (χ2n) is 4.18. The van der Waals surface area contributed by atoms with Crippen molar-refractivity contribution in [3.63, 3.8) is 0 Å². The summed E-state index contributed by atoms with van der Waals surface area (Å²) in [5.41, 5.74) is 2.00. The van der Waals surface area contributed by atoms with Gasteiger partial charge in [0, 0.05) is 18.8 Å². The first kappa shape index (κ1) is 14.1. The van der Waals surface area contributed by atoms with Gasteiger partial charge in [0.15, 0.2) is 0 Å². The van der Waals surface area contributed by atoms with Crippen LogP contribution in [0.3, 0.4) is 0 Å². The third-order valence-electron chi connectivity index (χ3n) is 2.58. The molecular weight excluding hydrogens is 283 g/mol. The van der Waals surface area contributed by atoms with Crippen LogP contribution in [0.1, 0.15) is 11.1 Å². The van der Waals surface area contributed by atoms with E-state index in [1.54, 1.807) is 18.3 Å². The lowest BCUT2D eigenvalue weighted by Gasteiger charge is -2.09. The first-order chi connectivity index (χ1) is 9.10. The standard InChI is InChI=1S/C14H14Cl2N2O/c1-9-3-4-11(15)13(5-9)19-14-6-10(7-17-2)12(16)8-18-14/h3-6,8,17H,7H2,1-2H3. The summed E-state index contributed by atoms with van der Waals surface area (Å²) in [5.74, 6) is 1.06. The van der Waals surface area contributed by atoms with Crippen molar-refractivity contribution in [2.75, 3.05) is 7.05 Å². The van der Waals surface area contributed by atoms with E-state index in [1.165, 1.54) is 0 Å². The number of hydrogen-bond donors (Lipinski definition) is 1. The lowest BCUT2D eigenvalue weighted by atomic mass is 10.2. The van der Waals surface area contributed by atoms with E-state index in [-0.39, 0.29) is 0 Å². The molecule has 100 valence electrons. The van der Waals surface area contributed by atoms with Crippen LogP contribution in [0.2, 0.25) is 10.0 Å². The molecule has 2 aromatic rings. The Bertz CT molecular complexity index is 588. The van der Waals surface area contributed by atoms with Crippen molar-refractivity contribution in [2.24, 2.45) is 0 Å². The zero-order valence-corrected chi connectivity index (χ0v) is 12.2. The second-order valence-corrected chi connectivity index (χ2v) is 4.99. The third kappa shape index (κ3) is 3.60. The van der Waals surface area contributed by atoms with E-state index < -0.39 is 0 Å². The quantitative estimate of drug-likeness (QED) is 0.918. The second kappa shape index (κ2) is 6.24. The summed E-state index contributed by atoms with van der Waals surface area (Å²) in [6.45, 7) is 2.63. The molecular formula is C14H14Cl2N2O. The molecule has 0 aliphatic rings. The fourth-order valence-corrected chi connectivity index (χ4v) is 1.97. The normalized spacial score (nSPS) is 10.5. The minimum absolute atomic E-state index is 0.474. The fourth-order valence-electron chi connectivity index (χ4n) is 1.64. The van der Waals surface area contributed by atoms with E-state index in [1.807, 2.05) is 26.1 Å². The van der Waals surface area contributed by atoms with E-state index in [0.29, 0.717) is 28.2 Å². The van der Waals surface area contributed by atoms with Crippen molar-refractivity contribution in [2.45, 2.75) is 13.5 Å². The van der Waals surface area contributed by atoms with Gasteiger partial charge in [0.2, 0.25) is 5.88 Å². The zero-order chi connectivity index (χ0) is 13.8. The highest BCUT2D eigenvalue weighted by Crippen LogP contribution is 2.30. The van der Waals surface area contributed by atoms with Crippen LogP contribution in [-0.4, -0.2) is 12.0 Å². The Morgan fingerprint density at radius 2 is 2.00 bits per heavy atom. The van der Waals surface area contributed by atoms with Gasteiger partial charge in [0.1, 0.15) is 5.75 Å². The molecule has 1 N–H and O–H groups in total. The van der Waals surface area contributed by atoms with Crippen LogP contribution in [0.25, 0.3) is 0 Å². The Kier molecular flexibility index (Phi) is 4.64. The first-order valence-corrected chi connectivity index (χ1v) is 6.59. The number of nitrogens with zero attached hydrogens (tertiary/aromatic N) is 1. The molecule has 0 spiro atoms. The maximum Gasteiger partial charge on any atom is 0.219 e. The third-order valence-corrected chi connectivity index (χ3v) is 3.23. The van der Waals surface area contributed by atoms with Crippen molar-refractivity contribution in [1.82, 2.24) is 10.3 Å². The Morgan fingerprint density at radius 1 is 1.21 bits per heavy atom. The summed E-state index contributed by atoms with van der Waals surface area (Å²) in [6.07, 6.45) is 1.58. The number of hydrogen-bond acceptors (Lipinski definition) is 3. The number of benzene rings is 1. The predicted octanol–water partition coefficient (Wildman–Crippen LogP) is 4.21. The molecule has 0 aliphatic heterocycles. The number of pyridine rings is 1. The molecule has 1 heterocycles. The van der Waals surface area contributed by atoms with Crippen LogP contribution in [-0.2, 0) is 6.54 Å². The molecule has 0 amide bonds. The highest BCUT2D eigenvalue weighted by Gasteiger charge is 2.07. The van der Waals surface area contributed by atoms with E-state index >= 15 is 0 Å². The summed E-state index contributed by atoms with van der Waals surface area (Å²) in [7, 11) is 1.86. The van der Waals surface area contributed by atoms with Gasteiger partial charge in [-0.1, -0.05) is 29.3 Å². The Balaban J connectivity index is 2.28. The lowest BCUT2D eigenvalue weighted by Crippen LogP contribution is -2.06. The molecule has 5 heteroatoms. The van der Waals surface area contributed by atoms with Gasteiger partial charge in [0.05, 0.1) is 10.0 Å². The fraction of sp³-hybridized carbons (Fsp3) is 0.214. The van der Waals surface area contributed by atoms with Gasteiger partial charge in [-0.15, -0.1) is 0 Å². The number of aromatic nitrogens is 1. The molecule has 0 unspecified atom stereocenters. The van der Waals surface area contributed by atoms with E-state index in [0.717, 1.165) is 11.1 Å². The van der Waals surface area contributed by atoms with Gasteiger partial charge in [-0.2, -0.15) is 0 Å². The summed E-state index contributed by atoms with van der Waals surface area (Å²) < 4.78 is 5.70. The summed E-state index contributed by atoms with van der Waals surface area (Å²) in [5, 5.41) is 4.20. The van der Waals surface area contributed by atoms with Crippen LogP contribution in [0.4, 0.5) is 0 Å². The predicted molar refractivity (Wildman–Crippen MR) is 78.3 cm³/mol. The molecule has 0 fully saturated rings. The van der Waals surface area contributed by atoms with Crippen LogP contribution in [0.15, 0.2) is 30.5 Å². The molecule has 0 aliphatic carbocycles. The van der Waals surface area contributed by atoms with E-state index in [9.17, 15) is 0 Å². The monoisotopic (exact) mass is 296 g/mol. The lowest BCUT2D eigenvalue weighted by molar-refractivity contribution is 0.462. The number of nitrogens with one attached hydrogen (secondary N) is 1.